The van der Waals surface area contributed by atoms with Crippen LogP contribution in [0.4, 0.5) is 17.1 Å². The molecular weight excluding hydrogens is 400 g/mol. The Balaban J connectivity index is 1.84. The van der Waals surface area contributed by atoms with Crippen LogP contribution in [0, 0.1) is 29.9 Å². The van der Waals surface area contributed by atoms with Crippen molar-refractivity contribution in [1.82, 2.24) is 15.0 Å². The first-order chi connectivity index (χ1) is 14.7. The Morgan fingerprint density at radius 3 is 2.52 bits per heavy atom. The van der Waals surface area contributed by atoms with Gasteiger partial charge in [0, 0.05) is 29.4 Å². The summed E-state index contributed by atoms with van der Waals surface area (Å²) >= 11 is 0. The van der Waals surface area contributed by atoms with Crippen LogP contribution in [0.5, 0.6) is 0 Å². The number of benzene rings is 2. The van der Waals surface area contributed by atoms with Crippen molar-refractivity contribution in [2.45, 2.75) is 27.7 Å². The molecule has 0 aliphatic carbocycles. The Bertz CT molecular complexity index is 1170. The SMILES string of the molecule is Cc1ccc(NC(=O)C(C)C)cc1NC(=O)c1nnn(-c2cccc([N+](=O)[O-])c2)c1C. The molecule has 1 aromatic heterocycles. The Kier molecular flexibility index (Phi) is 6.10. The van der Waals surface area contributed by atoms with Crippen LogP contribution in [0.1, 0.15) is 35.6 Å². The predicted molar refractivity (Wildman–Crippen MR) is 115 cm³/mol. The molecule has 2 amide bonds. The lowest BCUT2D eigenvalue weighted by molar-refractivity contribution is -0.384. The number of anilines is 2. The Labute approximate surface area is 178 Å². The highest BCUT2D eigenvalue weighted by atomic mass is 16.6. The van der Waals surface area contributed by atoms with Crippen LogP contribution >= 0.6 is 0 Å². The van der Waals surface area contributed by atoms with Gasteiger partial charge in [0.2, 0.25) is 5.91 Å². The van der Waals surface area contributed by atoms with Crippen LogP contribution in [0.15, 0.2) is 42.5 Å². The maximum Gasteiger partial charge on any atom is 0.278 e. The lowest BCUT2D eigenvalue weighted by Gasteiger charge is -2.12. The van der Waals surface area contributed by atoms with E-state index in [0.717, 1.165) is 5.56 Å². The fraction of sp³-hybridized carbons (Fsp3) is 0.238. The molecule has 1 heterocycles. The molecule has 0 aliphatic heterocycles. The van der Waals surface area contributed by atoms with Crippen LogP contribution in [-0.4, -0.2) is 31.7 Å². The highest BCUT2D eigenvalue weighted by Gasteiger charge is 2.19. The normalized spacial score (nSPS) is 10.7. The molecule has 2 N–H and O–H groups in total. The molecule has 0 radical (unpaired) electrons. The lowest BCUT2D eigenvalue weighted by Crippen LogP contribution is -2.18. The van der Waals surface area contributed by atoms with Gasteiger partial charge in [0.05, 0.1) is 16.3 Å². The van der Waals surface area contributed by atoms with Crippen molar-refractivity contribution < 1.29 is 14.5 Å². The van der Waals surface area contributed by atoms with E-state index in [1.165, 1.54) is 22.9 Å². The minimum atomic E-state index is -0.503. The van der Waals surface area contributed by atoms with Gasteiger partial charge in [-0.2, -0.15) is 0 Å². The van der Waals surface area contributed by atoms with Gasteiger partial charge in [-0.15, -0.1) is 5.10 Å². The van der Waals surface area contributed by atoms with E-state index in [0.29, 0.717) is 22.8 Å². The van der Waals surface area contributed by atoms with Crippen LogP contribution < -0.4 is 10.6 Å². The fourth-order valence-corrected chi connectivity index (χ4v) is 2.83. The number of non-ortho nitro benzene ring substituents is 1. The van der Waals surface area contributed by atoms with Gasteiger partial charge in [0.15, 0.2) is 5.69 Å². The van der Waals surface area contributed by atoms with Crippen molar-refractivity contribution in [2.75, 3.05) is 10.6 Å². The van der Waals surface area contributed by atoms with Crippen molar-refractivity contribution in [1.29, 1.82) is 0 Å². The zero-order chi connectivity index (χ0) is 22.7. The maximum absolute atomic E-state index is 12.8. The van der Waals surface area contributed by atoms with Gasteiger partial charge in [0.25, 0.3) is 11.6 Å². The second kappa shape index (κ2) is 8.74. The predicted octanol–water partition coefficient (Wildman–Crippen LogP) is 3.64. The molecule has 10 nitrogen and oxygen atoms in total. The van der Waals surface area contributed by atoms with E-state index in [1.807, 2.05) is 6.92 Å². The molecule has 160 valence electrons. The Hall–Kier alpha value is -4.08. The van der Waals surface area contributed by atoms with Crippen LogP contribution in [0.2, 0.25) is 0 Å². The van der Waals surface area contributed by atoms with E-state index in [-0.39, 0.29) is 23.2 Å². The van der Waals surface area contributed by atoms with Crippen molar-refractivity contribution in [3.63, 3.8) is 0 Å². The summed E-state index contributed by atoms with van der Waals surface area (Å²) in [7, 11) is 0. The van der Waals surface area contributed by atoms with Crippen molar-refractivity contribution in [3.05, 3.63) is 69.5 Å². The third kappa shape index (κ3) is 4.74. The number of nitro groups is 1. The van der Waals surface area contributed by atoms with Gasteiger partial charge in [-0.05, 0) is 37.6 Å². The molecule has 0 spiro atoms. The molecule has 10 heteroatoms. The van der Waals surface area contributed by atoms with E-state index in [4.69, 9.17) is 0 Å². The molecule has 0 saturated carbocycles. The molecule has 0 saturated heterocycles. The third-order valence-corrected chi connectivity index (χ3v) is 4.67. The summed E-state index contributed by atoms with van der Waals surface area (Å²) in [5, 5.41) is 24.5. The first kappa shape index (κ1) is 21.6. The Morgan fingerprint density at radius 1 is 1.10 bits per heavy atom. The second-order valence-electron chi connectivity index (χ2n) is 7.34. The van der Waals surface area contributed by atoms with Crippen molar-refractivity contribution in [2.24, 2.45) is 5.92 Å². The molecule has 3 rings (SSSR count). The number of nitrogens with one attached hydrogen (secondary N) is 2. The standard InChI is InChI=1S/C21H22N6O4/c1-12(2)20(28)22-15-9-8-13(3)18(10-15)23-21(29)19-14(4)26(25-24-19)16-6-5-7-17(11-16)27(30)31/h5-12H,1-4H3,(H,22,28)(H,23,29). The molecule has 0 unspecified atom stereocenters. The van der Waals surface area contributed by atoms with E-state index in [9.17, 15) is 19.7 Å². The number of rotatable bonds is 6. The quantitative estimate of drug-likeness (QED) is 0.460. The minimum absolute atomic E-state index is 0.0857. The zero-order valence-electron chi connectivity index (χ0n) is 17.5. The van der Waals surface area contributed by atoms with E-state index in [1.54, 1.807) is 45.0 Å². The smallest absolute Gasteiger partial charge is 0.278 e. The molecule has 0 atom stereocenters. The summed E-state index contributed by atoms with van der Waals surface area (Å²) in [6.45, 7) is 7.07. The fourth-order valence-electron chi connectivity index (χ4n) is 2.83. The summed E-state index contributed by atoms with van der Waals surface area (Å²) in [5.74, 6) is -0.785. The number of hydrogen-bond donors (Lipinski definition) is 2. The number of hydrogen-bond acceptors (Lipinski definition) is 6. The number of aromatic nitrogens is 3. The van der Waals surface area contributed by atoms with Crippen LogP contribution in [0.3, 0.4) is 0 Å². The first-order valence-electron chi connectivity index (χ1n) is 9.57. The molecule has 0 fully saturated rings. The first-order valence-corrected chi connectivity index (χ1v) is 9.57. The van der Waals surface area contributed by atoms with Crippen molar-refractivity contribution >= 4 is 28.9 Å². The molecule has 2 aromatic carbocycles. The number of carbonyl (C=O) groups excluding carboxylic acids is 2. The summed E-state index contributed by atoms with van der Waals surface area (Å²) in [6.07, 6.45) is 0. The summed E-state index contributed by atoms with van der Waals surface area (Å²) < 4.78 is 1.37. The van der Waals surface area contributed by atoms with Gasteiger partial charge in [-0.3, -0.25) is 19.7 Å². The van der Waals surface area contributed by atoms with E-state index >= 15 is 0 Å². The van der Waals surface area contributed by atoms with E-state index < -0.39 is 10.8 Å². The van der Waals surface area contributed by atoms with Gasteiger partial charge in [-0.25, -0.2) is 4.68 Å². The third-order valence-electron chi connectivity index (χ3n) is 4.67. The van der Waals surface area contributed by atoms with Gasteiger partial charge < -0.3 is 10.6 Å². The van der Waals surface area contributed by atoms with Crippen LogP contribution in [-0.2, 0) is 4.79 Å². The van der Waals surface area contributed by atoms with Crippen LogP contribution in [0.25, 0.3) is 5.69 Å². The van der Waals surface area contributed by atoms with E-state index in [2.05, 4.69) is 20.9 Å². The molecule has 31 heavy (non-hydrogen) atoms. The summed E-state index contributed by atoms with van der Waals surface area (Å²) in [6, 6.07) is 11.1. The molecule has 0 bridgehead atoms. The highest BCUT2D eigenvalue weighted by molar-refractivity contribution is 6.04. The Morgan fingerprint density at radius 2 is 1.84 bits per heavy atom. The number of nitrogens with zero attached hydrogens (tertiary/aromatic N) is 4. The highest BCUT2D eigenvalue weighted by Crippen LogP contribution is 2.23. The molecule has 3 aromatic rings. The number of aryl methyl sites for hydroxylation is 1. The van der Waals surface area contributed by atoms with Gasteiger partial charge in [-0.1, -0.05) is 31.2 Å². The van der Waals surface area contributed by atoms with Gasteiger partial charge in [0.1, 0.15) is 0 Å². The minimum Gasteiger partial charge on any atom is -0.326 e. The van der Waals surface area contributed by atoms with Gasteiger partial charge >= 0.3 is 0 Å². The molecular formula is C21H22N6O4. The largest absolute Gasteiger partial charge is 0.326 e. The average Bonchev–Trinajstić information content (AvgIpc) is 3.11. The number of amides is 2. The zero-order valence-corrected chi connectivity index (χ0v) is 17.5. The number of nitro benzene ring substituents is 1. The lowest BCUT2D eigenvalue weighted by atomic mass is 10.1. The average molecular weight is 422 g/mol. The summed E-state index contributed by atoms with van der Waals surface area (Å²) in [5.41, 5.74) is 2.75. The second-order valence-corrected chi connectivity index (χ2v) is 7.34. The maximum atomic E-state index is 12.8. The topological polar surface area (TPSA) is 132 Å². The number of carbonyl (C=O) groups is 2. The monoisotopic (exact) mass is 422 g/mol. The molecule has 0 aliphatic rings. The summed E-state index contributed by atoms with van der Waals surface area (Å²) in [4.78, 5) is 35.3. The van der Waals surface area contributed by atoms with Crippen molar-refractivity contribution in [3.8, 4) is 5.69 Å².